The molecular weight excluding hydrogens is 260 g/mol. The summed E-state index contributed by atoms with van der Waals surface area (Å²) in [7, 11) is 0. The van der Waals surface area contributed by atoms with Gasteiger partial charge in [0.2, 0.25) is 5.91 Å². The molecule has 3 nitrogen and oxygen atoms in total. The molecule has 0 aromatic heterocycles. The second kappa shape index (κ2) is 6.50. The Morgan fingerprint density at radius 3 is 2.81 bits per heavy atom. The van der Waals surface area contributed by atoms with E-state index in [0.29, 0.717) is 5.92 Å². The molecule has 1 aromatic carbocycles. The largest absolute Gasteiger partial charge is 0.384 e. The Kier molecular flexibility index (Phi) is 4.47. The van der Waals surface area contributed by atoms with Crippen molar-refractivity contribution in [3.05, 3.63) is 29.8 Å². The third-order valence-electron chi connectivity index (χ3n) is 5.09. The minimum atomic E-state index is 0.0717. The molecule has 1 aliphatic carbocycles. The second-order valence-corrected chi connectivity index (χ2v) is 6.81. The Labute approximate surface area is 127 Å². The number of carbonyl (C=O) groups is 1. The molecule has 1 heterocycles. The van der Waals surface area contributed by atoms with Crippen molar-refractivity contribution in [2.24, 2.45) is 17.8 Å². The molecule has 0 bridgehead atoms. The zero-order valence-corrected chi connectivity index (χ0v) is 12.9. The van der Waals surface area contributed by atoms with Crippen molar-refractivity contribution in [2.75, 3.05) is 18.4 Å². The molecule has 0 saturated heterocycles. The zero-order chi connectivity index (χ0) is 14.7. The van der Waals surface area contributed by atoms with Gasteiger partial charge in [-0.3, -0.25) is 4.79 Å². The van der Waals surface area contributed by atoms with E-state index in [1.54, 1.807) is 0 Å². The number of nitrogens with one attached hydrogen (secondary N) is 2. The van der Waals surface area contributed by atoms with E-state index in [1.807, 2.05) is 12.1 Å². The molecule has 1 aromatic rings. The summed E-state index contributed by atoms with van der Waals surface area (Å²) in [6.45, 7) is 3.95. The van der Waals surface area contributed by atoms with Crippen molar-refractivity contribution in [1.29, 1.82) is 0 Å². The maximum atomic E-state index is 12.4. The molecule has 1 saturated carbocycles. The number of anilines is 1. The van der Waals surface area contributed by atoms with E-state index in [2.05, 4.69) is 29.7 Å². The molecule has 114 valence electrons. The van der Waals surface area contributed by atoms with Gasteiger partial charge in [0.25, 0.3) is 0 Å². The topological polar surface area (TPSA) is 41.1 Å². The van der Waals surface area contributed by atoms with Gasteiger partial charge in [-0.25, -0.2) is 0 Å². The van der Waals surface area contributed by atoms with Crippen molar-refractivity contribution in [2.45, 2.75) is 39.0 Å². The molecule has 2 aliphatic rings. The van der Waals surface area contributed by atoms with Crippen molar-refractivity contribution in [1.82, 2.24) is 5.32 Å². The summed E-state index contributed by atoms with van der Waals surface area (Å²) in [5, 5.41) is 6.57. The van der Waals surface area contributed by atoms with Crippen LogP contribution < -0.4 is 10.6 Å². The van der Waals surface area contributed by atoms with Gasteiger partial charge in [-0.1, -0.05) is 38.0 Å². The molecule has 0 spiro atoms. The Balaban J connectivity index is 1.48. The van der Waals surface area contributed by atoms with Crippen LogP contribution in [0.15, 0.2) is 24.3 Å². The lowest BCUT2D eigenvalue weighted by Gasteiger charge is -2.28. The van der Waals surface area contributed by atoms with Gasteiger partial charge in [-0.05, 0) is 42.7 Å². The highest BCUT2D eigenvalue weighted by Crippen LogP contribution is 2.28. The summed E-state index contributed by atoms with van der Waals surface area (Å²) < 4.78 is 0. The fourth-order valence-corrected chi connectivity index (χ4v) is 3.55. The summed E-state index contributed by atoms with van der Waals surface area (Å²) in [5.74, 6) is 1.85. The van der Waals surface area contributed by atoms with Crippen molar-refractivity contribution < 1.29 is 4.79 Å². The highest BCUT2D eigenvalue weighted by Gasteiger charge is 2.25. The Bertz CT molecular complexity index is 492. The molecule has 2 N–H and O–H groups in total. The number of fused-ring (bicyclic) bond motifs is 1. The molecule has 0 radical (unpaired) electrons. The van der Waals surface area contributed by atoms with Gasteiger partial charge in [0.1, 0.15) is 0 Å². The van der Waals surface area contributed by atoms with Crippen LogP contribution in [-0.2, 0) is 11.2 Å². The predicted molar refractivity (Wildman–Crippen MR) is 86.3 cm³/mol. The molecule has 3 rings (SSSR count). The van der Waals surface area contributed by atoms with Gasteiger partial charge >= 0.3 is 0 Å². The number of amides is 1. The standard InChI is InChI=1S/C18H26N2O/c1-13-6-8-14(9-7-13)11-20-18(21)16-10-15-4-2-3-5-17(15)19-12-16/h2-5,13-14,16,19H,6-12H2,1H3,(H,20,21). The summed E-state index contributed by atoms with van der Waals surface area (Å²) in [6.07, 6.45) is 6.04. The van der Waals surface area contributed by atoms with Crippen LogP contribution in [0.3, 0.4) is 0 Å². The van der Waals surface area contributed by atoms with Gasteiger partial charge in [-0.2, -0.15) is 0 Å². The van der Waals surface area contributed by atoms with Gasteiger partial charge in [0.15, 0.2) is 0 Å². The van der Waals surface area contributed by atoms with E-state index in [4.69, 9.17) is 0 Å². The SMILES string of the molecule is CC1CCC(CNC(=O)C2CNc3ccccc3C2)CC1. The third-order valence-corrected chi connectivity index (χ3v) is 5.09. The molecule has 1 aliphatic heterocycles. The smallest absolute Gasteiger partial charge is 0.225 e. The number of hydrogen-bond acceptors (Lipinski definition) is 2. The normalized spacial score (nSPS) is 28.3. The molecule has 1 amide bonds. The summed E-state index contributed by atoms with van der Waals surface area (Å²) in [4.78, 5) is 12.4. The van der Waals surface area contributed by atoms with Gasteiger partial charge in [0.05, 0.1) is 5.92 Å². The summed E-state index contributed by atoms with van der Waals surface area (Å²) in [6, 6.07) is 8.29. The van der Waals surface area contributed by atoms with E-state index in [0.717, 1.165) is 25.4 Å². The number of para-hydroxylation sites is 1. The zero-order valence-electron chi connectivity index (χ0n) is 12.9. The van der Waals surface area contributed by atoms with E-state index in [9.17, 15) is 4.79 Å². The van der Waals surface area contributed by atoms with Crippen LogP contribution in [0.25, 0.3) is 0 Å². The molecule has 3 heteroatoms. The fourth-order valence-electron chi connectivity index (χ4n) is 3.55. The molecule has 1 fully saturated rings. The average molecular weight is 286 g/mol. The maximum Gasteiger partial charge on any atom is 0.225 e. The van der Waals surface area contributed by atoms with Crippen LogP contribution in [0, 0.1) is 17.8 Å². The summed E-state index contributed by atoms with van der Waals surface area (Å²) >= 11 is 0. The number of rotatable bonds is 3. The predicted octanol–water partition coefficient (Wildman–Crippen LogP) is 3.21. The maximum absolute atomic E-state index is 12.4. The van der Waals surface area contributed by atoms with E-state index >= 15 is 0 Å². The Hall–Kier alpha value is -1.51. The first-order valence-electron chi connectivity index (χ1n) is 8.32. The Morgan fingerprint density at radius 2 is 2.00 bits per heavy atom. The minimum Gasteiger partial charge on any atom is -0.384 e. The second-order valence-electron chi connectivity index (χ2n) is 6.81. The van der Waals surface area contributed by atoms with Crippen LogP contribution in [0.5, 0.6) is 0 Å². The molecule has 1 unspecified atom stereocenters. The lowest BCUT2D eigenvalue weighted by molar-refractivity contribution is -0.124. The molecule has 21 heavy (non-hydrogen) atoms. The van der Waals surface area contributed by atoms with Crippen molar-refractivity contribution in [3.8, 4) is 0 Å². The van der Waals surface area contributed by atoms with Crippen LogP contribution in [-0.4, -0.2) is 19.0 Å². The van der Waals surface area contributed by atoms with Gasteiger partial charge in [0, 0.05) is 18.8 Å². The van der Waals surface area contributed by atoms with Crippen LogP contribution in [0.2, 0.25) is 0 Å². The van der Waals surface area contributed by atoms with Crippen LogP contribution in [0.1, 0.15) is 38.2 Å². The number of carbonyl (C=O) groups excluding carboxylic acids is 1. The first-order valence-corrected chi connectivity index (χ1v) is 8.32. The van der Waals surface area contributed by atoms with E-state index < -0.39 is 0 Å². The first kappa shape index (κ1) is 14.4. The summed E-state index contributed by atoms with van der Waals surface area (Å²) in [5.41, 5.74) is 2.44. The van der Waals surface area contributed by atoms with Crippen LogP contribution >= 0.6 is 0 Å². The minimum absolute atomic E-state index is 0.0717. The van der Waals surface area contributed by atoms with E-state index in [-0.39, 0.29) is 11.8 Å². The first-order chi connectivity index (χ1) is 10.2. The van der Waals surface area contributed by atoms with Crippen molar-refractivity contribution in [3.63, 3.8) is 0 Å². The number of hydrogen-bond donors (Lipinski definition) is 2. The number of benzene rings is 1. The van der Waals surface area contributed by atoms with Gasteiger partial charge in [-0.15, -0.1) is 0 Å². The van der Waals surface area contributed by atoms with Crippen molar-refractivity contribution >= 4 is 11.6 Å². The van der Waals surface area contributed by atoms with Crippen LogP contribution in [0.4, 0.5) is 5.69 Å². The third kappa shape index (κ3) is 3.58. The quantitative estimate of drug-likeness (QED) is 0.896. The molecular formula is C18H26N2O. The fraction of sp³-hybridized carbons (Fsp3) is 0.611. The highest BCUT2D eigenvalue weighted by molar-refractivity contribution is 5.80. The lowest BCUT2D eigenvalue weighted by Crippen LogP contribution is -2.40. The van der Waals surface area contributed by atoms with Gasteiger partial charge < -0.3 is 10.6 Å². The Morgan fingerprint density at radius 1 is 1.24 bits per heavy atom. The average Bonchev–Trinajstić information content (AvgIpc) is 2.53. The monoisotopic (exact) mass is 286 g/mol. The van der Waals surface area contributed by atoms with E-state index in [1.165, 1.54) is 36.9 Å². The molecule has 1 atom stereocenters. The highest BCUT2D eigenvalue weighted by atomic mass is 16.1. The lowest BCUT2D eigenvalue weighted by atomic mass is 9.83.